The molecule has 0 saturated heterocycles. The van der Waals surface area contributed by atoms with Crippen LogP contribution >= 0.6 is 0 Å². The molecular weight excluding hydrogens is 269 g/mol. The van der Waals surface area contributed by atoms with Crippen molar-refractivity contribution in [1.29, 1.82) is 0 Å². The Morgan fingerprint density at radius 2 is 1.85 bits per heavy atom. The van der Waals surface area contributed by atoms with E-state index >= 15 is 0 Å². The Labute approximate surface area is 114 Å². The van der Waals surface area contributed by atoms with Crippen molar-refractivity contribution in [2.45, 2.75) is 6.54 Å². The maximum Gasteiger partial charge on any atom is 0.167 e. The van der Waals surface area contributed by atoms with Gasteiger partial charge in [0.2, 0.25) is 0 Å². The predicted molar refractivity (Wildman–Crippen MR) is 71.0 cm³/mol. The molecular formula is C14H13F3N2O. The molecule has 0 amide bonds. The summed E-state index contributed by atoms with van der Waals surface area (Å²) < 4.78 is 44.7. The monoisotopic (exact) mass is 282 g/mol. The highest BCUT2D eigenvalue weighted by Gasteiger charge is 2.09. The number of hydrogen-bond acceptors (Lipinski definition) is 3. The maximum atomic E-state index is 13.5. The predicted octanol–water partition coefficient (Wildman–Crippen LogP) is 3.31. The fourth-order valence-corrected chi connectivity index (χ4v) is 1.75. The van der Waals surface area contributed by atoms with Crippen LogP contribution in [0.3, 0.4) is 0 Å². The van der Waals surface area contributed by atoms with Gasteiger partial charge in [0, 0.05) is 24.2 Å². The molecule has 0 atom stereocenters. The standard InChI is InChI=1S/C14H13F3N2O/c1-20-14-6-13(12(18)5-11(14)17)19-7-8-4-9(15)2-3-10(8)16/h2-6,19H,7,18H2,1H3. The summed E-state index contributed by atoms with van der Waals surface area (Å²) in [4.78, 5) is 0. The van der Waals surface area contributed by atoms with E-state index in [1.54, 1.807) is 0 Å². The number of methoxy groups -OCH3 is 1. The Morgan fingerprint density at radius 3 is 2.55 bits per heavy atom. The van der Waals surface area contributed by atoms with Gasteiger partial charge in [-0.2, -0.15) is 0 Å². The average molecular weight is 282 g/mol. The topological polar surface area (TPSA) is 47.3 Å². The second kappa shape index (κ2) is 5.73. The molecule has 2 aromatic carbocycles. The summed E-state index contributed by atoms with van der Waals surface area (Å²) in [5.41, 5.74) is 6.33. The van der Waals surface area contributed by atoms with Crippen LogP contribution in [0.4, 0.5) is 24.5 Å². The fourth-order valence-electron chi connectivity index (χ4n) is 1.75. The zero-order valence-corrected chi connectivity index (χ0v) is 10.7. The summed E-state index contributed by atoms with van der Waals surface area (Å²) in [5, 5.41) is 2.82. The van der Waals surface area contributed by atoms with Crippen LogP contribution < -0.4 is 15.8 Å². The Hall–Kier alpha value is -2.37. The molecule has 3 nitrogen and oxygen atoms in total. The molecule has 0 saturated carbocycles. The smallest absolute Gasteiger partial charge is 0.167 e. The van der Waals surface area contributed by atoms with E-state index in [9.17, 15) is 13.2 Å². The van der Waals surface area contributed by atoms with Gasteiger partial charge in [-0.15, -0.1) is 0 Å². The molecule has 106 valence electrons. The van der Waals surface area contributed by atoms with Gasteiger partial charge in [-0.25, -0.2) is 13.2 Å². The van der Waals surface area contributed by atoms with E-state index in [-0.39, 0.29) is 23.5 Å². The van der Waals surface area contributed by atoms with Gasteiger partial charge < -0.3 is 15.8 Å². The molecule has 2 aromatic rings. The summed E-state index contributed by atoms with van der Waals surface area (Å²) in [6.07, 6.45) is 0. The average Bonchev–Trinajstić information content (AvgIpc) is 2.41. The van der Waals surface area contributed by atoms with Crippen LogP contribution in [0.15, 0.2) is 30.3 Å². The molecule has 0 aliphatic rings. The molecule has 0 fully saturated rings. The van der Waals surface area contributed by atoms with Crippen LogP contribution in [0, 0.1) is 17.5 Å². The number of nitrogens with one attached hydrogen (secondary N) is 1. The van der Waals surface area contributed by atoms with E-state index in [0.29, 0.717) is 5.69 Å². The number of rotatable bonds is 4. The van der Waals surface area contributed by atoms with E-state index in [2.05, 4.69) is 5.32 Å². The number of halogens is 3. The highest BCUT2D eigenvalue weighted by Crippen LogP contribution is 2.28. The highest BCUT2D eigenvalue weighted by atomic mass is 19.1. The normalized spacial score (nSPS) is 10.4. The lowest BCUT2D eigenvalue weighted by molar-refractivity contribution is 0.387. The first-order chi connectivity index (χ1) is 9.51. The van der Waals surface area contributed by atoms with Gasteiger partial charge >= 0.3 is 0 Å². The third-order valence-corrected chi connectivity index (χ3v) is 2.80. The number of ether oxygens (including phenoxy) is 1. The number of hydrogen-bond donors (Lipinski definition) is 2. The van der Waals surface area contributed by atoms with Crippen molar-refractivity contribution in [3.05, 3.63) is 53.3 Å². The van der Waals surface area contributed by atoms with Gasteiger partial charge in [-0.3, -0.25) is 0 Å². The molecule has 0 heterocycles. The summed E-state index contributed by atoms with van der Waals surface area (Å²) in [6.45, 7) is 0.0164. The molecule has 0 unspecified atom stereocenters. The van der Waals surface area contributed by atoms with E-state index in [0.717, 1.165) is 24.3 Å². The number of benzene rings is 2. The van der Waals surface area contributed by atoms with Gasteiger partial charge in [0.1, 0.15) is 11.6 Å². The highest BCUT2D eigenvalue weighted by molar-refractivity contribution is 5.68. The Kier molecular flexibility index (Phi) is 4.02. The van der Waals surface area contributed by atoms with Crippen molar-refractivity contribution in [2.75, 3.05) is 18.2 Å². The second-order valence-corrected chi connectivity index (χ2v) is 4.16. The zero-order chi connectivity index (χ0) is 14.7. The lowest BCUT2D eigenvalue weighted by Crippen LogP contribution is -2.05. The first-order valence-corrected chi connectivity index (χ1v) is 5.82. The first-order valence-electron chi connectivity index (χ1n) is 5.82. The summed E-state index contributed by atoms with van der Waals surface area (Å²) >= 11 is 0. The molecule has 6 heteroatoms. The van der Waals surface area contributed by atoms with Crippen LogP contribution in [0.5, 0.6) is 5.75 Å². The van der Waals surface area contributed by atoms with Crippen molar-refractivity contribution >= 4 is 11.4 Å². The quantitative estimate of drug-likeness (QED) is 0.846. The minimum atomic E-state index is -0.590. The third-order valence-electron chi connectivity index (χ3n) is 2.80. The number of nitrogens with two attached hydrogens (primary N) is 1. The third kappa shape index (κ3) is 2.96. The molecule has 2 rings (SSSR count). The molecule has 0 spiro atoms. The molecule has 20 heavy (non-hydrogen) atoms. The Bertz CT molecular complexity index is 632. The van der Waals surface area contributed by atoms with Crippen LogP contribution in [0.1, 0.15) is 5.56 Å². The van der Waals surface area contributed by atoms with Crippen molar-refractivity contribution in [3.63, 3.8) is 0 Å². The van der Waals surface area contributed by atoms with Crippen LogP contribution in [0.25, 0.3) is 0 Å². The fraction of sp³-hybridized carbons (Fsp3) is 0.143. The van der Waals surface area contributed by atoms with Crippen LogP contribution in [-0.2, 0) is 6.54 Å². The van der Waals surface area contributed by atoms with E-state index in [4.69, 9.17) is 10.5 Å². The van der Waals surface area contributed by atoms with Gasteiger partial charge in [0.25, 0.3) is 0 Å². The van der Waals surface area contributed by atoms with Crippen molar-refractivity contribution in [1.82, 2.24) is 0 Å². The minimum Gasteiger partial charge on any atom is -0.494 e. The van der Waals surface area contributed by atoms with Crippen molar-refractivity contribution in [3.8, 4) is 5.75 Å². The Morgan fingerprint density at radius 1 is 1.10 bits per heavy atom. The SMILES string of the molecule is COc1cc(NCc2cc(F)ccc2F)c(N)cc1F. The van der Waals surface area contributed by atoms with Crippen molar-refractivity contribution < 1.29 is 17.9 Å². The van der Waals surface area contributed by atoms with Gasteiger partial charge in [0.05, 0.1) is 18.5 Å². The van der Waals surface area contributed by atoms with Crippen LogP contribution in [0.2, 0.25) is 0 Å². The number of anilines is 2. The van der Waals surface area contributed by atoms with E-state index in [1.807, 2.05) is 0 Å². The maximum absolute atomic E-state index is 13.5. The summed E-state index contributed by atoms with van der Waals surface area (Å²) in [5.74, 6) is -1.65. The van der Waals surface area contributed by atoms with Gasteiger partial charge in [0.15, 0.2) is 11.6 Å². The first kappa shape index (κ1) is 14.0. The second-order valence-electron chi connectivity index (χ2n) is 4.16. The summed E-state index contributed by atoms with van der Waals surface area (Å²) in [6, 6.07) is 5.62. The lowest BCUT2D eigenvalue weighted by Gasteiger charge is -2.12. The molecule has 0 aromatic heterocycles. The van der Waals surface area contributed by atoms with Gasteiger partial charge in [-0.05, 0) is 18.2 Å². The van der Waals surface area contributed by atoms with E-state index < -0.39 is 17.5 Å². The minimum absolute atomic E-state index is 0.0152. The molecule has 0 radical (unpaired) electrons. The number of nitrogen functional groups attached to an aromatic ring is 1. The largest absolute Gasteiger partial charge is 0.494 e. The van der Waals surface area contributed by atoms with Crippen molar-refractivity contribution in [2.24, 2.45) is 0 Å². The van der Waals surface area contributed by atoms with Gasteiger partial charge in [-0.1, -0.05) is 0 Å². The van der Waals surface area contributed by atoms with E-state index in [1.165, 1.54) is 13.2 Å². The molecule has 3 N–H and O–H groups in total. The molecule has 0 aliphatic heterocycles. The van der Waals surface area contributed by atoms with Crippen LogP contribution in [-0.4, -0.2) is 7.11 Å². The zero-order valence-electron chi connectivity index (χ0n) is 10.7. The lowest BCUT2D eigenvalue weighted by atomic mass is 10.2. The Balaban J connectivity index is 2.20. The summed E-state index contributed by atoms with van der Waals surface area (Å²) in [7, 11) is 1.32. The molecule has 0 aliphatic carbocycles. The molecule has 0 bridgehead atoms.